The van der Waals surface area contributed by atoms with Crippen molar-refractivity contribution in [2.24, 2.45) is 10.2 Å². The number of unbranched alkanes of at least 4 members (excludes halogenated alkanes) is 1. The van der Waals surface area contributed by atoms with Crippen molar-refractivity contribution in [2.45, 2.75) is 94.8 Å². The average Bonchev–Trinajstić information content (AvgIpc) is 3.29. The van der Waals surface area contributed by atoms with Crippen LogP contribution >= 0.6 is 12.0 Å². The minimum absolute atomic E-state index is 0.00435. The van der Waals surface area contributed by atoms with Crippen molar-refractivity contribution < 1.29 is 56.9 Å². The molecular formula is C49H54N4O12S2. The van der Waals surface area contributed by atoms with E-state index in [-0.39, 0.29) is 54.9 Å². The van der Waals surface area contributed by atoms with Crippen molar-refractivity contribution >= 4 is 72.6 Å². The molecule has 0 atom stereocenters. The summed E-state index contributed by atoms with van der Waals surface area (Å²) in [4.78, 5) is 25.0. The van der Waals surface area contributed by atoms with E-state index in [0.29, 0.717) is 60.3 Å². The number of rotatable bonds is 20. The molecular weight excluding hydrogens is 901 g/mol. The zero-order chi connectivity index (χ0) is 48.7. The summed E-state index contributed by atoms with van der Waals surface area (Å²) in [5.41, 5.74) is 2.42. The molecule has 18 heteroatoms. The van der Waals surface area contributed by atoms with Crippen molar-refractivity contribution in [2.75, 3.05) is 18.5 Å². The summed E-state index contributed by atoms with van der Waals surface area (Å²) in [6.45, 7) is 15.3. The summed E-state index contributed by atoms with van der Waals surface area (Å²) < 4.78 is 50.9. The second-order valence-electron chi connectivity index (χ2n) is 17.1. The fraction of sp³-hybridized carbons (Fsp3) is 0.306. The molecule has 0 aromatic heterocycles. The smallest absolute Gasteiger partial charge is 0.294 e. The number of carbonyl (C=O) groups is 2. The van der Waals surface area contributed by atoms with Crippen LogP contribution in [0.1, 0.15) is 95.6 Å². The number of carbonyl (C=O) groups excluding carboxylic acids is 2. The second kappa shape index (κ2) is 21.1. The molecule has 0 saturated heterocycles. The molecule has 6 N–H and O–H groups in total. The maximum Gasteiger partial charge on any atom is 0.294 e. The summed E-state index contributed by atoms with van der Waals surface area (Å²) in [6.07, 6.45) is 3.32. The SMILES string of the molecule is CCC(C)(C)c1ccc(OCCCCNC(=O)c2cc(Oc3ccc(N=Nc4c(SOOO)cc5cc(S(=O)(=O)O)cc(NC(C)=O)c5c4O)cc3)c3ccccc3c2O)c(C(C)(C)CC)c1. The van der Waals surface area contributed by atoms with E-state index < -0.39 is 32.6 Å². The summed E-state index contributed by atoms with van der Waals surface area (Å²) in [5.74, 6) is -0.280. The first-order valence-corrected chi connectivity index (χ1v) is 23.7. The molecule has 6 aromatic carbocycles. The molecule has 16 nitrogen and oxygen atoms in total. The number of nitrogens with zero attached hydrogens (tertiary/aromatic N) is 2. The number of amides is 2. The van der Waals surface area contributed by atoms with Gasteiger partial charge in [0, 0.05) is 35.2 Å². The van der Waals surface area contributed by atoms with Gasteiger partial charge in [0.15, 0.2) is 5.75 Å². The van der Waals surface area contributed by atoms with E-state index >= 15 is 0 Å². The molecule has 0 fully saturated rings. The molecule has 0 saturated carbocycles. The number of azo groups is 1. The van der Waals surface area contributed by atoms with Crippen molar-refractivity contribution in [3.63, 3.8) is 0 Å². The Bertz CT molecular complexity index is 2940. The lowest BCUT2D eigenvalue weighted by Crippen LogP contribution is -2.25. The number of aromatic hydroxyl groups is 2. The van der Waals surface area contributed by atoms with Gasteiger partial charge in [0.05, 0.1) is 45.4 Å². The van der Waals surface area contributed by atoms with Crippen LogP contribution in [0.3, 0.4) is 0 Å². The largest absolute Gasteiger partial charge is 0.506 e. The lowest BCUT2D eigenvalue weighted by molar-refractivity contribution is -0.432. The van der Waals surface area contributed by atoms with E-state index in [1.165, 1.54) is 30.2 Å². The van der Waals surface area contributed by atoms with Crippen LogP contribution in [0, 0.1) is 0 Å². The van der Waals surface area contributed by atoms with Crippen LogP contribution in [0.4, 0.5) is 17.1 Å². The Labute approximate surface area is 393 Å². The van der Waals surface area contributed by atoms with E-state index in [4.69, 9.17) is 14.7 Å². The Hall–Kier alpha value is -6.28. The van der Waals surface area contributed by atoms with Crippen LogP contribution in [0.5, 0.6) is 28.7 Å². The van der Waals surface area contributed by atoms with E-state index in [2.05, 4.69) is 90.0 Å². The molecule has 6 rings (SSSR count). The van der Waals surface area contributed by atoms with Crippen LogP contribution in [0.15, 0.2) is 111 Å². The number of nitrogens with one attached hydrogen (secondary N) is 2. The van der Waals surface area contributed by atoms with Crippen LogP contribution in [-0.4, -0.2) is 53.4 Å². The molecule has 0 heterocycles. The number of anilines is 1. The van der Waals surface area contributed by atoms with E-state index in [0.717, 1.165) is 30.7 Å². The number of ether oxygens (including phenoxy) is 2. The minimum atomic E-state index is -4.74. The Kier molecular flexibility index (Phi) is 15.8. The highest BCUT2D eigenvalue weighted by atomic mass is 32.2. The highest BCUT2D eigenvalue weighted by Gasteiger charge is 2.27. The lowest BCUT2D eigenvalue weighted by atomic mass is 9.76. The maximum absolute atomic E-state index is 13.5. The molecule has 0 unspecified atom stereocenters. The highest BCUT2D eigenvalue weighted by molar-refractivity contribution is 7.94. The maximum atomic E-state index is 13.5. The van der Waals surface area contributed by atoms with Gasteiger partial charge in [-0.15, -0.1) is 9.45 Å². The summed E-state index contributed by atoms with van der Waals surface area (Å²) in [5, 5.41) is 49.9. The Morgan fingerprint density at radius 2 is 1.51 bits per heavy atom. The molecule has 354 valence electrons. The summed E-state index contributed by atoms with van der Waals surface area (Å²) >= 11 is 0.405. The summed E-state index contributed by atoms with van der Waals surface area (Å²) in [6, 6.07) is 24.6. The van der Waals surface area contributed by atoms with Crippen molar-refractivity contribution in [3.8, 4) is 28.7 Å². The number of phenols is 2. The Morgan fingerprint density at radius 1 is 0.806 bits per heavy atom. The third-order valence-corrected chi connectivity index (χ3v) is 13.3. The van der Waals surface area contributed by atoms with Crippen molar-refractivity contribution in [1.29, 1.82) is 0 Å². The first-order chi connectivity index (χ1) is 31.8. The van der Waals surface area contributed by atoms with Gasteiger partial charge in [-0.3, -0.25) is 14.1 Å². The number of benzene rings is 6. The predicted molar refractivity (Wildman–Crippen MR) is 257 cm³/mol. The topological polar surface area (TPSA) is 235 Å². The molecule has 0 spiro atoms. The molecule has 0 bridgehead atoms. The summed E-state index contributed by atoms with van der Waals surface area (Å²) in [7, 11) is -4.74. The predicted octanol–water partition coefficient (Wildman–Crippen LogP) is 12.2. The monoisotopic (exact) mass is 954 g/mol. The van der Waals surface area contributed by atoms with Gasteiger partial charge in [-0.05, 0) is 102 Å². The van der Waals surface area contributed by atoms with Gasteiger partial charge in [0.1, 0.15) is 28.7 Å². The molecule has 67 heavy (non-hydrogen) atoms. The number of hydrogen-bond acceptors (Lipinski definition) is 14. The Balaban J connectivity index is 1.16. The van der Waals surface area contributed by atoms with Gasteiger partial charge >= 0.3 is 0 Å². The highest BCUT2D eigenvalue weighted by Crippen LogP contribution is 2.47. The number of hydrogen-bond donors (Lipinski definition) is 6. The molecule has 0 radical (unpaired) electrons. The first kappa shape index (κ1) is 50.1. The van der Waals surface area contributed by atoms with E-state index in [1.54, 1.807) is 48.5 Å². The molecule has 0 aliphatic carbocycles. The minimum Gasteiger partial charge on any atom is -0.506 e. The average molecular weight is 955 g/mol. The van der Waals surface area contributed by atoms with Crippen molar-refractivity contribution in [1.82, 2.24) is 5.32 Å². The fourth-order valence-electron chi connectivity index (χ4n) is 7.22. The zero-order valence-corrected chi connectivity index (χ0v) is 39.8. The van der Waals surface area contributed by atoms with Gasteiger partial charge in [-0.2, -0.15) is 13.5 Å². The molecule has 0 aliphatic heterocycles. The van der Waals surface area contributed by atoms with Crippen LogP contribution in [-0.2, 0) is 35.1 Å². The first-order valence-electron chi connectivity index (χ1n) is 21.5. The van der Waals surface area contributed by atoms with E-state index in [1.807, 2.05) is 0 Å². The van der Waals surface area contributed by atoms with Crippen LogP contribution in [0.2, 0.25) is 0 Å². The fourth-order valence-corrected chi connectivity index (χ4v) is 8.25. The third kappa shape index (κ3) is 11.8. The second-order valence-corrected chi connectivity index (χ2v) is 19.3. The van der Waals surface area contributed by atoms with Gasteiger partial charge in [0.2, 0.25) is 5.91 Å². The van der Waals surface area contributed by atoms with Gasteiger partial charge in [-0.25, -0.2) is 5.26 Å². The van der Waals surface area contributed by atoms with Gasteiger partial charge in [0.25, 0.3) is 16.0 Å². The quantitative estimate of drug-likeness (QED) is 0.0104. The third-order valence-electron chi connectivity index (χ3n) is 11.8. The number of phenolic OH excluding ortho intramolecular Hbond substituents is 2. The molecule has 2 amide bonds. The molecule has 0 aliphatic rings. The Morgan fingerprint density at radius 3 is 2.16 bits per heavy atom. The lowest BCUT2D eigenvalue weighted by Gasteiger charge is -2.30. The zero-order valence-electron chi connectivity index (χ0n) is 38.2. The van der Waals surface area contributed by atoms with Crippen molar-refractivity contribution in [3.05, 3.63) is 108 Å². The number of fused-ring (bicyclic) bond motifs is 2. The van der Waals surface area contributed by atoms with Crippen LogP contribution < -0.4 is 20.1 Å². The molecule has 6 aromatic rings. The normalized spacial score (nSPS) is 12.2. The van der Waals surface area contributed by atoms with Crippen LogP contribution in [0.25, 0.3) is 21.5 Å². The van der Waals surface area contributed by atoms with Gasteiger partial charge in [-0.1, -0.05) is 83.0 Å². The standard InChI is InChI=1S/C49H54N4O12S2/c1-8-48(4,5)31-16-21-40(38(26-31)49(6,7)9-2)62-23-13-12-22-50-47(57)37-28-41(35-14-10-11-15-36(35)45(37)55)63-33-19-17-32(18-20-33)52-53-44-42(66-65-64-58)25-30-24-34(67(59,60)61)27-39(51-29(3)54)43(30)46(44)56/h10-11,14-21,24-28,55-56,58H,8-9,12-13,22-23H2,1-7H3,(H,50,57)(H,51,54)(H,59,60,61). The van der Waals surface area contributed by atoms with Gasteiger partial charge < -0.3 is 30.3 Å². The van der Waals surface area contributed by atoms with E-state index in [9.17, 15) is 32.8 Å².